The first-order chi connectivity index (χ1) is 17.1. The molecule has 2 heteroatoms. The number of hydrogen-bond donors (Lipinski definition) is 0. The van der Waals surface area contributed by atoms with Gasteiger partial charge in [-0.25, -0.2) is 0 Å². The highest BCUT2D eigenvalue weighted by molar-refractivity contribution is 7.37. The molecule has 0 aliphatic heterocycles. The van der Waals surface area contributed by atoms with Crippen LogP contribution in [-0.4, -0.2) is 17.2 Å². The topological polar surface area (TPSA) is 0 Å². The van der Waals surface area contributed by atoms with Crippen molar-refractivity contribution >= 4 is 20.2 Å². The van der Waals surface area contributed by atoms with Crippen LogP contribution in [0, 0.1) is 35.0 Å². The lowest BCUT2D eigenvalue weighted by Crippen LogP contribution is -2.42. The fourth-order valence-corrected chi connectivity index (χ4v) is 7.66. The Morgan fingerprint density at radius 3 is 2.11 bits per heavy atom. The Hall–Kier alpha value is -0.0600. The Bertz CT molecular complexity index is 682. The van der Waals surface area contributed by atoms with Crippen molar-refractivity contribution in [1.29, 1.82) is 0 Å². The van der Waals surface area contributed by atoms with Crippen LogP contribution in [0.4, 0.5) is 0 Å². The van der Waals surface area contributed by atoms with Gasteiger partial charge in [-0.15, -0.1) is 20.2 Å². The van der Waals surface area contributed by atoms with E-state index in [0.717, 1.165) is 37.9 Å². The zero-order valence-electron chi connectivity index (χ0n) is 26.6. The minimum atomic E-state index is -0.105. The summed E-state index contributed by atoms with van der Waals surface area (Å²) in [6, 6.07) is 0. The fraction of sp³-hybridized carbons (Fsp3) is 0.824. The van der Waals surface area contributed by atoms with Gasteiger partial charge >= 0.3 is 0 Å². The molecule has 212 valence electrons. The van der Waals surface area contributed by atoms with E-state index in [4.69, 9.17) is 11.6 Å². The summed E-state index contributed by atoms with van der Waals surface area (Å²) in [5.74, 6) is 4.28. The van der Waals surface area contributed by atoms with Crippen molar-refractivity contribution in [2.45, 2.75) is 139 Å². The third-order valence-corrected chi connectivity index (χ3v) is 10.9. The Morgan fingerprint density at radius 2 is 1.61 bits per heavy atom. The Labute approximate surface area is 235 Å². The van der Waals surface area contributed by atoms with Gasteiger partial charge in [0.25, 0.3) is 0 Å². The molecule has 0 aromatic rings. The van der Waals surface area contributed by atoms with Crippen molar-refractivity contribution in [3.63, 3.8) is 0 Å². The van der Waals surface area contributed by atoms with E-state index in [1.54, 1.807) is 0 Å². The van der Waals surface area contributed by atoms with Gasteiger partial charge in [-0.1, -0.05) is 97.8 Å². The molecule has 8 unspecified atom stereocenters. The molecule has 0 nitrogen and oxygen atoms in total. The van der Waals surface area contributed by atoms with Gasteiger partial charge in [-0.05, 0) is 113 Å². The maximum Gasteiger partial charge on any atom is 0.0450 e. The first kappa shape index (κ1) is 35.9. The van der Waals surface area contributed by atoms with Gasteiger partial charge < -0.3 is 0 Å². The van der Waals surface area contributed by atoms with Crippen LogP contribution in [0.2, 0.25) is 0 Å². The molecule has 0 aromatic heterocycles. The molecule has 0 amide bonds. The number of allylic oxidation sites excluding steroid dienone is 6. The van der Waals surface area contributed by atoms with Gasteiger partial charge in [0.2, 0.25) is 0 Å². The normalized spacial score (nSPS) is 33.4. The molecule has 3 saturated carbocycles. The summed E-state index contributed by atoms with van der Waals surface area (Å²) in [5, 5.41) is 0. The van der Waals surface area contributed by atoms with Gasteiger partial charge in [-0.3, -0.25) is 0 Å². The summed E-state index contributed by atoms with van der Waals surface area (Å²) in [6.45, 7) is 27.7. The second-order valence-electron chi connectivity index (χ2n) is 11.3. The van der Waals surface area contributed by atoms with Crippen molar-refractivity contribution in [3.05, 3.63) is 35.5 Å². The minimum absolute atomic E-state index is 0.105. The van der Waals surface area contributed by atoms with E-state index < -0.39 is 0 Å². The number of hydrogen-bond acceptors (Lipinski definition) is 0. The molecule has 4 aliphatic carbocycles. The molecule has 8 atom stereocenters. The van der Waals surface area contributed by atoms with Gasteiger partial charge in [0.05, 0.1) is 0 Å². The molecule has 0 bridgehead atoms. The lowest BCUT2D eigenvalue weighted by molar-refractivity contribution is 0.136. The van der Waals surface area contributed by atoms with E-state index in [1.165, 1.54) is 44.9 Å². The van der Waals surface area contributed by atoms with E-state index in [2.05, 4.69) is 45.7 Å². The summed E-state index contributed by atoms with van der Waals surface area (Å²) >= 11 is 6.01. The SMILES string of the molecule is C/C=C/C(C)C(C)(C)Cl.CC.CC.CC.CPC1CCC2(C)C(=CC=C3C4CCC(C)C4CCC32)C1. The Balaban J connectivity index is 0.000000695. The maximum absolute atomic E-state index is 6.01. The third kappa shape index (κ3) is 9.01. The van der Waals surface area contributed by atoms with Crippen LogP contribution in [0.25, 0.3) is 0 Å². The van der Waals surface area contributed by atoms with Crippen LogP contribution >= 0.6 is 20.2 Å². The zero-order valence-corrected chi connectivity index (χ0v) is 28.4. The summed E-state index contributed by atoms with van der Waals surface area (Å²) in [6.07, 6.45) is 19.6. The molecule has 0 aromatic carbocycles. The van der Waals surface area contributed by atoms with E-state index in [1.807, 2.05) is 79.5 Å². The van der Waals surface area contributed by atoms with Crippen molar-refractivity contribution in [3.8, 4) is 0 Å². The molecule has 36 heavy (non-hydrogen) atoms. The number of halogens is 1. The highest BCUT2D eigenvalue weighted by Gasteiger charge is 2.50. The van der Waals surface area contributed by atoms with Crippen molar-refractivity contribution in [2.75, 3.05) is 6.66 Å². The van der Waals surface area contributed by atoms with Crippen LogP contribution in [0.3, 0.4) is 0 Å². The molecule has 0 saturated heterocycles. The molecule has 4 rings (SSSR count). The highest BCUT2D eigenvalue weighted by atomic mass is 35.5. The summed E-state index contributed by atoms with van der Waals surface area (Å²) < 4.78 is 0. The average molecular weight is 539 g/mol. The van der Waals surface area contributed by atoms with Gasteiger partial charge in [0.1, 0.15) is 0 Å². The van der Waals surface area contributed by atoms with Crippen molar-refractivity contribution in [1.82, 2.24) is 0 Å². The Morgan fingerprint density at radius 1 is 1.00 bits per heavy atom. The smallest absolute Gasteiger partial charge is 0.0450 e. The highest BCUT2D eigenvalue weighted by Crippen LogP contribution is 2.61. The zero-order chi connectivity index (χ0) is 28.1. The largest absolute Gasteiger partial charge is 0.122 e. The summed E-state index contributed by atoms with van der Waals surface area (Å²) in [5.41, 5.74) is 5.20. The molecule has 4 aliphatic rings. The lowest BCUT2D eigenvalue weighted by Gasteiger charge is -2.52. The predicted octanol–water partition coefficient (Wildman–Crippen LogP) is 12.1. The first-order valence-corrected chi connectivity index (χ1v) is 17.5. The lowest BCUT2D eigenvalue weighted by atomic mass is 9.54. The molecule has 0 radical (unpaired) electrons. The monoisotopic (exact) mass is 538 g/mol. The maximum atomic E-state index is 6.01. The molecular formula is C34H64ClP. The van der Waals surface area contributed by atoms with Gasteiger partial charge in [0, 0.05) is 4.87 Å². The van der Waals surface area contributed by atoms with E-state index in [9.17, 15) is 0 Å². The van der Waals surface area contributed by atoms with E-state index in [-0.39, 0.29) is 4.87 Å². The number of alkyl halides is 1. The van der Waals surface area contributed by atoms with Crippen molar-refractivity contribution < 1.29 is 0 Å². The molecule has 0 N–H and O–H groups in total. The second kappa shape index (κ2) is 17.5. The van der Waals surface area contributed by atoms with Crippen LogP contribution in [0.1, 0.15) is 128 Å². The van der Waals surface area contributed by atoms with E-state index in [0.29, 0.717) is 11.3 Å². The first-order valence-electron chi connectivity index (χ1n) is 15.5. The van der Waals surface area contributed by atoms with Crippen molar-refractivity contribution in [2.24, 2.45) is 35.0 Å². The van der Waals surface area contributed by atoms with Gasteiger partial charge in [-0.2, -0.15) is 0 Å². The molecular weight excluding hydrogens is 475 g/mol. The standard InChI is InChI=1S/C20H31P.C8H15Cl.3C2H6/c1-13-4-6-17-16(13)8-9-19-18(17)7-5-14-12-15(21-3)10-11-20(14,19)2;1-5-6-7(2)8(3,4)9;3*1-2/h5,7,13,15-17,19,21H,4,6,8-12H2,1-3H3;5-7H,1-4H3;3*1-2H3/b;6-5+;;;. The second-order valence-corrected chi connectivity index (χ2v) is 13.7. The Kier molecular flexibility index (Phi) is 17.5. The van der Waals surface area contributed by atoms with Crippen LogP contribution in [-0.2, 0) is 0 Å². The quantitative estimate of drug-likeness (QED) is 0.190. The average Bonchev–Trinajstić information content (AvgIpc) is 3.28. The number of rotatable bonds is 3. The minimum Gasteiger partial charge on any atom is -0.122 e. The molecule has 0 spiro atoms. The number of fused-ring (bicyclic) bond motifs is 5. The van der Waals surface area contributed by atoms with Crippen LogP contribution in [0.5, 0.6) is 0 Å². The van der Waals surface area contributed by atoms with E-state index >= 15 is 0 Å². The third-order valence-electron chi connectivity index (χ3n) is 9.23. The fourth-order valence-electron chi connectivity index (χ4n) is 6.73. The van der Waals surface area contributed by atoms with Crippen LogP contribution < -0.4 is 0 Å². The molecule has 3 fully saturated rings. The van der Waals surface area contributed by atoms with Gasteiger partial charge in [0.15, 0.2) is 0 Å². The van der Waals surface area contributed by atoms with Crippen LogP contribution in [0.15, 0.2) is 35.5 Å². The predicted molar refractivity (Wildman–Crippen MR) is 172 cm³/mol. The molecule has 0 heterocycles. The summed E-state index contributed by atoms with van der Waals surface area (Å²) in [7, 11) is 1.13. The summed E-state index contributed by atoms with van der Waals surface area (Å²) in [4.78, 5) is -0.105.